The van der Waals surface area contributed by atoms with E-state index in [1.165, 1.54) is 19.3 Å². The van der Waals surface area contributed by atoms with Crippen molar-refractivity contribution < 1.29 is 4.79 Å². The predicted octanol–water partition coefficient (Wildman–Crippen LogP) is 2.20. The molecular formula is C15H16N4O. The summed E-state index contributed by atoms with van der Waals surface area (Å²) in [6, 6.07) is 7.79. The molecule has 5 nitrogen and oxygen atoms in total. The standard InChI is InChI=1S/C15H16N4O/c20-14(10-8-15(10)6-3-7-15)19-16-9-13-17-11-4-1-2-5-12(11)18-13/h1-2,4-5,9-10H,3,6-8H2,(H,17,18)(H,19,20)/b16-9+. The molecule has 2 aliphatic carbocycles. The van der Waals surface area contributed by atoms with Crippen LogP contribution in [-0.4, -0.2) is 22.1 Å². The topological polar surface area (TPSA) is 70.1 Å². The number of hydrogen-bond donors (Lipinski definition) is 2. The van der Waals surface area contributed by atoms with E-state index < -0.39 is 0 Å². The number of hydrogen-bond acceptors (Lipinski definition) is 3. The van der Waals surface area contributed by atoms with E-state index in [2.05, 4.69) is 20.5 Å². The van der Waals surface area contributed by atoms with Crippen LogP contribution in [0.2, 0.25) is 0 Å². The number of H-pyrrole nitrogens is 1. The third kappa shape index (κ3) is 1.81. The summed E-state index contributed by atoms with van der Waals surface area (Å²) in [5.41, 5.74) is 4.84. The number of para-hydroxylation sites is 2. The van der Waals surface area contributed by atoms with Gasteiger partial charge in [-0.05, 0) is 36.8 Å². The monoisotopic (exact) mass is 268 g/mol. The highest BCUT2D eigenvalue weighted by Gasteiger charge is 2.60. The fourth-order valence-electron chi connectivity index (χ4n) is 3.17. The van der Waals surface area contributed by atoms with Crippen LogP contribution in [0.5, 0.6) is 0 Å². The van der Waals surface area contributed by atoms with Crippen molar-refractivity contribution in [3.63, 3.8) is 0 Å². The van der Waals surface area contributed by atoms with Gasteiger partial charge in [0.15, 0.2) is 5.82 Å². The van der Waals surface area contributed by atoms with Gasteiger partial charge in [0.05, 0.1) is 17.2 Å². The van der Waals surface area contributed by atoms with Gasteiger partial charge in [0, 0.05) is 5.92 Å². The lowest BCUT2D eigenvalue weighted by Gasteiger charge is -2.25. The largest absolute Gasteiger partial charge is 0.337 e. The maximum Gasteiger partial charge on any atom is 0.243 e. The molecule has 1 spiro atoms. The Bertz CT molecular complexity index is 666. The van der Waals surface area contributed by atoms with Crippen LogP contribution in [0.3, 0.4) is 0 Å². The number of imidazole rings is 1. The number of amides is 1. The number of aromatic amines is 1. The molecule has 2 aromatic rings. The summed E-state index contributed by atoms with van der Waals surface area (Å²) in [5.74, 6) is 0.891. The van der Waals surface area contributed by atoms with Crippen molar-refractivity contribution in [2.24, 2.45) is 16.4 Å². The number of nitrogens with one attached hydrogen (secondary N) is 2. The number of hydrazone groups is 1. The first-order valence-electron chi connectivity index (χ1n) is 7.05. The van der Waals surface area contributed by atoms with Crippen LogP contribution in [0.15, 0.2) is 29.4 Å². The summed E-state index contributed by atoms with van der Waals surface area (Å²) in [6.45, 7) is 0. The summed E-state index contributed by atoms with van der Waals surface area (Å²) < 4.78 is 0. The Balaban J connectivity index is 1.40. The van der Waals surface area contributed by atoms with Gasteiger partial charge >= 0.3 is 0 Å². The van der Waals surface area contributed by atoms with Gasteiger partial charge < -0.3 is 4.98 Å². The second-order valence-corrected chi connectivity index (χ2v) is 5.85. The zero-order valence-electron chi connectivity index (χ0n) is 11.1. The van der Waals surface area contributed by atoms with Crippen molar-refractivity contribution in [3.8, 4) is 0 Å². The Morgan fingerprint density at radius 2 is 2.30 bits per heavy atom. The van der Waals surface area contributed by atoms with E-state index in [0.717, 1.165) is 17.5 Å². The van der Waals surface area contributed by atoms with Crippen molar-refractivity contribution in [1.29, 1.82) is 0 Å². The fraction of sp³-hybridized carbons (Fsp3) is 0.400. The van der Waals surface area contributed by atoms with Crippen LogP contribution in [0.1, 0.15) is 31.5 Å². The molecule has 1 atom stereocenters. The molecule has 20 heavy (non-hydrogen) atoms. The van der Waals surface area contributed by atoms with Gasteiger partial charge in [-0.3, -0.25) is 4.79 Å². The summed E-state index contributed by atoms with van der Waals surface area (Å²) in [4.78, 5) is 19.4. The highest BCUT2D eigenvalue weighted by Crippen LogP contribution is 2.65. The number of nitrogens with zero attached hydrogens (tertiary/aromatic N) is 2. The maximum atomic E-state index is 11.9. The van der Waals surface area contributed by atoms with E-state index >= 15 is 0 Å². The average molecular weight is 268 g/mol. The molecule has 0 radical (unpaired) electrons. The molecule has 2 saturated carbocycles. The number of aromatic nitrogens is 2. The zero-order valence-corrected chi connectivity index (χ0v) is 11.1. The van der Waals surface area contributed by atoms with Gasteiger partial charge in [0.25, 0.3) is 0 Å². The molecule has 2 fully saturated rings. The van der Waals surface area contributed by atoms with Gasteiger partial charge in [0.2, 0.25) is 5.91 Å². The number of rotatable bonds is 3. The Kier molecular flexibility index (Phi) is 2.42. The van der Waals surface area contributed by atoms with Gasteiger partial charge in [-0.2, -0.15) is 5.10 Å². The average Bonchev–Trinajstić information content (AvgIpc) is 3.06. The minimum atomic E-state index is 0.0528. The minimum Gasteiger partial charge on any atom is -0.337 e. The highest BCUT2D eigenvalue weighted by atomic mass is 16.2. The molecule has 1 heterocycles. The van der Waals surface area contributed by atoms with E-state index in [9.17, 15) is 4.79 Å². The molecule has 5 heteroatoms. The van der Waals surface area contributed by atoms with Crippen molar-refractivity contribution in [3.05, 3.63) is 30.1 Å². The van der Waals surface area contributed by atoms with Gasteiger partial charge in [-0.15, -0.1) is 0 Å². The molecule has 4 rings (SSSR count). The lowest BCUT2D eigenvalue weighted by Crippen LogP contribution is -2.26. The second kappa shape index (κ2) is 4.16. The molecule has 0 aliphatic heterocycles. The summed E-state index contributed by atoms with van der Waals surface area (Å²) in [5, 5.41) is 4.00. The Hall–Kier alpha value is -2.17. The lowest BCUT2D eigenvalue weighted by molar-refractivity contribution is -0.123. The fourth-order valence-corrected chi connectivity index (χ4v) is 3.17. The first-order chi connectivity index (χ1) is 9.77. The van der Waals surface area contributed by atoms with Crippen molar-refractivity contribution >= 4 is 23.2 Å². The second-order valence-electron chi connectivity index (χ2n) is 5.85. The molecule has 0 saturated heterocycles. The maximum absolute atomic E-state index is 11.9. The molecule has 1 aromatic carbocycles. The quantitative estimate of drug-likeness (QED) is 0.662. The van der Waals surface area contributed by atoms with E-state index in [1.54, 1.807) is 6.21 Å². The molecule has 2 aliphatic rings. The van der Waals surface area contributed by atoms with E-state index in [1.807, 2.05) is 24.3 Å². The van der Waals surface area contributed by atoms with Gasteiger partial charge in [-0.1, -0.05) is 18.6 Å². The first kappa shape index (κ1) is 11.6. The zero-order chi connectivity index (χ0) is 13.6. The lowest BCUT2D eigenvalue weighted by atomic mass is 9.80. The smallest absolute Gasteiger partial charge is 0.243 e. The number of fused-ring (bicyclic) bond motifs is 1. The Morgan fingerprint density at radius 3 is 3.00 bits per heavy atom. The number of carbonyl (C=O) groups excluding carboxylic acids is 1. The first-order valence-corrected chi connectivity index (χ1v) is 7.05. The third-order valence-corrected chi connectivity index (χ3v) is 4.62. The van der Waals surface area contributed by atoms with E-state index in [-0.39, 0.29) is 11.8 Å². The normalized spacial score (nSPS) is 23.1. The summed E-state index contributed by atoms with van der Waals surface area (Å²) in [7, 11) is 0. The van der Waals surface area contributed by atoms with Gasteiger partial charge in [0.1, 0.15) is 0 Å². The van der Waals surface area contributed by atoms with Crippen LogP contribution < -0.4 is 5.43 Å². The van der Waals surface area contributed by atoms with E-state index in [0.29, 0.717) is 11.2 Å². The summed E-state index contributed by atoms with van der Waals surface area (Å²) in [6.07, 6.45) is 6.29. The highest BCUT2D eigenvalue weighted by molar-refractivity contribution is 5.86. The number of carbonyl (C=O) groups is 1. The molecule has 2 N–H and O–H groups in total. The van der Waals surface area contributed by atoms with Crippen LogP contribution >= 0.6 is 0 Å². The Labute approximate surface area is 116 Å². The van der Waals surface area contributed by atoms with Crippen molar-refractivity contribution in [2.75, 3.05) is 0 Å². The van der Waals surface area contributed by atoms with E-state index in [4.69, 9.17) is 0 Å². The minimum absolute atomic E-state index is 0.0528. The third-order valence-electron chi connectivity index (χ3n) is 4.62. The molecule has 102 valence electrons. The van der Waals surface area contributed by atoms with Crippen LogP contribution in [0.4, 0.5) is 0 Å². The summed E-state index contributed by atoms with van der Waals surface area (Å²) >= 11 is 0. The van der Waals surface area contributed by atoms with Crippen LogP contribution in [0.25, 0.3) is 11.0 Å². The molecule has 1 aromatic heterocycles. The van der Waals surface area contributed by atoms with Crippen molar-refractivity contribution in [1.82, 2.24) is 15.4 Å². The van der Waals surface area contributed by atoms with Crippen LogP contribution in [-0.2, 0) is 4.79 Å². The molecule has 1 amide bonds. The Morgan fingerprint density at radius 1 is 1.45 bits per heavy atom. The van der Waals surface area contributed by atoms with Crippen LogP contribution in [0, 0.1) is 11.3 Å². The SMILES string of the molecule is O=C(N/N=C/c1nc2ccccc2[nH]1)C1CC12CCC2. The molecule has 0 bridgehead atoms. The van der Waals surface area contributed by atoms with Gasteiger partial charge in [-0.25, -0.2) is 10.4 Å². The molecule has 1 unspecified atom stereocenters. The van der Waals surface area contributed by atoms with Crippen molar-refractivity contribution in [2.45, 2.75) is 25.7 Å². The molecular weight excluding hydrogens is 252 g/mol. The predicted molar refractivity (Wildman–Crippen MR) is 76.2 cm³/mol. The number of benzene rings is 1.